The Labute approximate surface area is 158 Å². The van der Waals surface area contributed by atoms with E-state index >= 15 is 0 Å². The number of carbonyl (C=O) groups is 2. The summed E-state index contributed by atoms with van der Waals surface area (Å²) >= 11 is 0. The number of aryl methyl sites for hydroxylation is 2. The minimum atomic E-state index is -0.368. The first-order valence-corrected chi connectivity index (χ1v) is 9.06. The first-order valence-electron chi connectivity index (χ1n) is 9.06. The van der Waals surface area contributed by atoms with Gasteiger partial charge in [-0.2, -0.15) is 5.10 Å². The van der Waals surface area contributed by atoms with Gasteiger partial charge in [0.2, 0.25) is 0 Å². The van der Waals surface area contributed by atoms with Gasteiger partial charge in [0.25, 0.3) is 5.91 Å². The predicted molar refractivity (Wildman–Crippen MR) is 101 cm³/mol. The Morgan fingerprint density at radius 3 is 2.78 bits per heavy atom. The molecule has 3 rings (SSSR count). The van der Waals surface area contributed by atoms with E-state index in [-0.39, 0.29) is 18.0 Å². The highest BCUT2D eigenvalue weighted by atomic mass is 16.5. The summed E-state index contributed by atoms with van der Waals surface area (Å²) in [5, 5.41) is 15.5. The number of carbonyl (C=O) groups excluding carboxylic acids is 2. The number of nitrogens with zero attached hydrogens (tertiary/aromatic N) is 1. The third-order valence-corrected chi connectivity index (χ3v) is 4.58. The van der Waals surface area contributed by atoms with E-state index in [1.807, 2.05) is 38.1 Å². The van der Waals surface area contributed by atoms with Crippen molar-refractivity contribution in [3.8, 4) is 0 Å². The lowest BCUT2D eigenvalue weighted by Gasteiger charge is -2.12. The van der Waals surface area contributed by atoms with E-state index in [9.17, 15) is 9.59 Å². The number of nitrogens with one attached hydrogen (secondary N) is 4. The fraction of sp³-hybridized carbons (Fsp3) is 0.421. The van der Waals surface area contributed by atoms with E-state index in [2.05, 4.69) is 26.1 Å². The maximum Gasteiger partial charge on any atom is 0.315 e. The highest BCUT2D eigenvalue weighted by molar-refractivity contribution is 5.94. The molecule has 1 saturated heterocycles. The molecular formula is C19H25N5O3. The Morgan fingerprint density at radius 1 is 1.26 bits per heavy atom. The smallest absolute Gasteiger partial charge is 0.315 e. The van der Waals surface area contributed by atoms with Crippen LogP contribution in [0.3, 0.4) is 0 Å². The lowest BCUT2D eigenvalue weighted by atomic mass is 10.2. The largest absolute Gasteiger partial charge is 0.368 e. The van der Waals surface area contributed by atoms with Crippen LogP contribution in [-0.2, 0) is 22.6 Å². The average Bonchev–Trinajstić information content (AvgIpc) is 3.29. The van der Waals surface area contributed by atoms with Crippen LogP contribution in [0.1, 0.15) is 35.4 Å². The average molecular weight is 371 g/mol. The molecule has 3 amide bonds. The van der Waals surface area contributed by atoms with Gasteiger partial charge >= 0.3 is 6.03 Å². The highest BCUT2D eigenvalue weighted by Gasteiger charge is 2.23. The topological polar surface area (TPSA) is 108 Å². The normalized spacial score (nSPS) is 16.1. The Bertz CT molecular complexity index is 792. The zero-order valence-corrected chi connectivity index (χ0v) is 15.6. The second kappa shape index (κ2) is 8.68. The molecule has 1 fully saturated rings. The molecule has 0 aliphatic carbocycles. The number of benzene rings is 1. The number of amides is 3. The van der Waals surface area contributed by atoms with Crippen molar-refractivity contribution in [3.63, 3.8) is 0 Å². The molecule has 1 aromatic carbocycles. The quantitative estimate of drug-likeness (QED) is 0.624. The monoisotopic (exact) mass is 371 g/mol. The van der Waals surface area contributed by atoms with Gasteiger partial charge in [-0.25, -0.2) is 4.79 Å². The number of hydrogen-bond acceptors (Lipinski definition) is 4. The van der Waals surface area contributed by atoms with E-state index in [1.165, 1.54) is 0 Å². The van der Waals surface area contributed by atoms with Crippen LogP contribution in [0.15, 0.2) is 24.3 Å². The van der Waals surface area contributed by atoms with Crippen LogP contribution in [0.5, 0.6) is 0 Å². The fourth-order valence-corrected chi connectivity index (χ4v) is 3.01. The SMILES string of the molecule is Cc1n[nH]c(C)c1CNC(=O)NCc1cccc(NC(=O)[C@H]2CCCO2)c1. The van der Waals surface area contributed by atoms with Gasteiger partial charge in [-0.1, -0.05) is 12.1 Å². The maximum absolute atomic E-state index is 12.1. The first-order chi connectivity index (χ1) is 13.0. The van der Waals surface area contributed by atoms with Gasteiger partial charge in [0.1, 0.15) is 6.10 Å². The summed E-state index contributed by atoms with van der Waals surface area (Å²) in [5.74, 6) is -0.124. The molecule has 1 aliphatic heterocycles. The minimum absolute atomic E-state index is 0.124. The van der Waals surface area contributed by atoms with E-state index in [4.69, 9.17) is 4.74 Å². The number of hydrogen-bond donors (Lipinski definition) is 4. The fourth-order valence-electron chi connectivity index (χ4n) is 3.01. The van der Waals surface area contributed by atoms with Gasteiger partial charge in [-0.05, 0) is 44.4 Å². The number of rotatable bonds is 6. The second-order valence-corrected chi connectivity index (χ2v) is 6.64. The molecule has 0 unspecified atom stereocenters. The number of aromatic amines is 1. The van der Waals surface area contributed by atoms with Crippen molar-refractivity contribution in [2.45, 2.75) is 45.9 Å². The molecule has 27 heavy (non-hydrogen) atoms. The van der Waals surface area contributed by atoms with Crippen molar-refractivity contribution in [1.29, 1.82) is 0 Å². The summed E-state index contributed by atoms with van der Waals surface area (Å²) < 4.78 is 5.39. The zero-order chi connectivity index (χ0) is 19.2. The zero-order valence-electron chi connectivity index (χ0n) is 15.6. The lowest BCUT2D eigenvalue weighted by Crippen LogP contribution is -2.34. The van der Waals surface area contributed by atoms with Crippen LogP contribution in [0, 0.1) is 13.8 Å². The second-order valence-electron chi connectivity index (χ2n) is 6.64. The highest BCUT2D eigenvalue weighted by Crippen LogP contribution is 2.16. The summed E-state index contributed by atoms with van der Waals surface area (Å²) in [6, 6.07) is 7.15. The Morgan fingerprint density at radius 2 is 2.07 bits per heavy atom. The number of aromatic nitrogens is 2. The molecule has 0 saturated carbocycles. The lowest BCUT2D eigenvalue weighted by molar-refractivity contribution is -0.124. The van der Waals surface area contributed by atoms with Crippen LogP contribution in [0.4, 0.5) is 10.5 Å². The van der Waals surface area contributed by atoms with E-state index in [0.29, 0.717) is 25.4 Å². The molecule has 2 heterocycles. The van der Waals surface area contributed by atoms with Gasteiger partial charge in [-0.15, -0.1) is 0 Å². The summed E-state index contributed by atoms with van der Waals surface area (Å²) in [4.78, 5) is 24.2. The third-order valence-electron chi connectivity index (χ3n) is 4.58. The molecule has 0 radical (unpaired) electrons. The molecule has 1 aliphatic rings. The van der Waals surface area contributed by atoms with Gasteiger partial charge in [0.05, 0.1) is 5.69 Å². The molecule has 1 atom stereocenters. The molecule has 144 valence electrons. The third kappa shape index (κ3) is 5.07. The number of ether oxygens (including phenoxy) is 1. The standard InChI is InChI=1S/C19H25N5O3/c1-12-16(13(2)24-23-12)11-21-19(26)20-10-14-5-3-6-15(9-14)22-18(25)17-7-4-8-27-17/h3,5-6,9,17H,4,7-8,10-11H2,1-2H3,(H,22,25)(H,23,24)(H2,20,21,26)/t17-/m1/s1. The van der Waals surface area contributed by atoms with E-state index < -0.39 is 0 Å². The molecule has 8 nitrogen and oxygen atoms in total. The van der Waals surface area contributed by atoms with Gasteiger partial charge < -0.3 is 20.7 Å². The van der Waals surface area contributed by atoms with Gasteiger partial charge in [0.15, 0.2) is 0 Å². The Kier molecular flexibility index (Phi) is 6.08. The molecule has 0 bridgehead atoms. The van der Waals surface area contributed by atoms with Crippen molar-refractivity contribution in [3.05, 3.63) is 46.8 Å². The van der Waals surface area contributed by atoms with Crippen molar-refractivity contribution in [2.24, 2.45) is 0 Å². The maximum atomic E-state index is 12.1. The summed E-state index contributed by atoms with van der Waals surface area (Å²) in [6.07, 6.45) is 1.30. The van der Waals surface area contributed by atoms with Crippen LogP contribution < -0.4 is 16.0 Å². The molecule has 0 spiro atoms. The molecule has 8 heteroatoms. The van der Waals surface area contributed by atoms with E-state index in [0.717, 1.165) is 35.4 Å². The van der Waals surface area contributed by atoms with Crippen LogP contribution in [0.25, 0.3) is 0 Å². The van der Waals surface area contributed by atoms with E-state index in [1.54, 1.807) is 0 Å². The first kappa shape index (κ1) is 18.9. The minimum Gasteiger partial charge on any atom is -0.368 e. The molecule has 2 aromatic rings. The Balaban J connectivity index is 1.47. The van der Waals surface area contributed by atoms with Crippen molar-refractivity contribution in [1.82, 2.24) is 20.8 Å². The van der Waals surface area contributed by atoms with Crippen LogP contribution in [0.2, 0.25) is 0 Å². The molecule has 1 aromatic heterocycles. The van der Waals surface area contributed by atoms with Crippen molar-refractivity contribution >= 4 is 17.6 Å². The van der Waals surface area contributed by atoms with Gasteiger partial charge in [0, 0.05) is 36.6 Å². The van der Waals surface area contributed by atoms with Crippen LogP contribution in [-0.4, -0.2) is 34.8 Å². The van der Waals surface area contributed by atoms with Gasteiger partial charge in [-0.3, -0.25) is 9.89 Å². The molecule has 4 N–H and O–H groups in total. The van der Waals surface area contributed by atoms with Crippen molar-refractivity contribution < 1.29 is 14.3 Å². The molecular weight excluding hydrogens is 346 g/mol. The number of anilines is 1. The predicted octanol–water partition coefficient (Wildman–Crippen LogP) is 2.14. The Hall–Kier alpha value is -2.87. The number of urea groups is 1. The summed E-state index contributed by atoms with van der Waals surface area (Å²) in [5.41, 5.74) is 4.40. The van der Waals surface area contributed by atoms with Crippen molar-refractivity contribution in [2.75, 3.05) is 11.9 Å². The summed E-state index contributed by atoms with van der Waals surface area (Å²) in [7, 11) is 0. The van der Waals surface area contributed by atoms with Crippen LogP contribution >= 0.6 is 0 Å². The summed E-state index contributed by atoms with van der Waals surface area (Å²) in [6.45, 7) is 5.23. The number of H-pyrrole nitrogens is 1.